The second-order valence-corrected chi connectivity index (χ2v) is 4.12. The minimum atomic E-state index is -0.784. The van der Waals surface area contributed by atoms with Crippen LogP contribution in [0.2, 0.25) is 10.0 Å². The van der Waals surface area contributed by atoms with Crippen molar-refractivity contribution in [2.45, 2.75) is 13.3 Å². The molecule has 0 atom stereocenters. The Morgan fingerprint density at radius 1 is 1.18 bits per heavy atom. The summed E-state index contributed by atoms with van der Waals surface area (Å²) in [6, 6.07) is 4.80. The molecule has 0 aliphatic carbocycles. The van der Waals surface area contributed by atoms with E-state index in [0.29, 0.717) is 6.54 Å². The van der Waals surface area contributed by atoms with Gasteiger partial charge in [-0.3, -0.25) is 9.59 Å². The van der Waals surface area contributed by atoms with Crippen LogP contribution in [0.3, 0.4) is 0 Å². The van der Waals surface area contributed by atoms with E-state index in [9.17, 15) is 9.59 Å². The number of halogens is 2. The Morgan fingerprint density at radius 2 is 1.76 bits per heavy atom. The van der Waals surface area contributed by atoms with Gasteiger partial charge in [0.25, 0.3) is 0 Å². The summed E-state index contributed by atoms with van der Waals surface area (Å²) in [7, 11) is 0. The van der Waals surface area contributed by atoms with Crippen molar-refractivity contribution >= 4 is 40.7 Å². The molecule has 2 N–H and O–H groups in total. The summed E-state index contributed by atoms with van der Waals surface area (Å²) in [5.74, 6) is -1.49. The fraction of sp³-hybridized carbons (Fsp3) is 0.273. The first-order valence-corrected chi connectivity index (χ1v) is 5.85. The number of anilines is 1. The molecule has 0 spiro atoms. The fourth-order valence-corrected chi connectivity index (χ4v) is 1.60. The maximum atomic E-state index is 11.5. The number of para-hydroxylation sites is 1. The van der Waals surface area contributed by atoms with E-state index in [1.54, 1.807) is 18.2 Å². The Hall–Kier alpha value is -1.26. The summed E-state index contributed by atoms with van der Waals surface area (Å²) in [4.78, 5) is 22.8. The molecule has 1 rings (SSSR count). The van der Waals surface area contributed by atoms with Crippen molar-refractivity contribution in [1.29, 1.82) is 0 Å². The van der Waals surface area contributed by atoms with Gasteiger partial charge in [0.1, 0.15) is 0 Å². The van der Waals surface area contributed by atoms with Crippen LogP contribution in [-0.2, 0) is 9.59 Å². The highest BCUT2D eigenvalue weighted by Gasteiger charge is 2.15. The first-order chi connectivity index (χ1) is 8.06. The van der Waals surface area contributed by atoms with Crippen molar-refractivity contribution in [3.8, 4) is 0 Å². The molecule has 0 radical (unpaired) electrons. The van der Waals surface area contributed by atoms with Gasteiger partial charge in [-0.1, -0.05) is 36.2 Å². The van der Waals surface area contributed by atoms with Gasteiger partial charge in [-0.25, -0.2) is 0 Å². The Balaban J connectivity index is 2.71. The molecule has 17 heavy (non-hydrogen) atoms. The molecule has 4 nitrogen and oxygen atoms in total. The molecule has 1 aromatic rings. The number of amides is 2. The quantitative estimate of drug-likeness (QED) is 0.832. The fourth-order valence-electron chi connectivity index (χ4n) is 1.11. The van der Waals surface area contributed by atoms with Gasteiger partial charge in [-0.2, -0.15) is 0 Å². The van der Waals surface area contributed by atoms with Crippen molar-refractivity contribution in [3.63, 3.8) is 0 Å². The molecular weight excluding hydrogens is 263 g/mol. The minimum Gasteiger partial charge on any atom is -0.348 e. The molecule has 2 amide bonds. The van der Waals surface area contributed by atoms with Crippen LogP contribution in [0.4, 0.5) is 5.69 Å². The first kappa shape index (κ1) is 13.8. The van der Waals surface area contributed by atoms with Gasteiger partial charge >= 0.3 is 11.8 Å². The molecule has 0 aliphatic rings. The lowest BCUT2D eigenvalue weighted by Gasteiger charge is -2.08. The van der Waals surface area contributed by atoms with Crippen molar-refractivity contribution < 1.29 is 9.59 Å². The van der Waals surface area contributed by atoms with Crippen LogP contribution in [-0.4, -0.2) is 18.4 Å². The van der Waals surface area contributed by atoms with Crippen molar-refractivity contribution in [2.75, 3.05) is 11.9 Å². The van der Waals surface area contributed by atoms with Crippen molar-refractivity contribution in [3.05, 3.63) is 28.2 Å². The molecule has 6 heteroatoms. The Morgan fingerprint density at radius 3 is 2.29 bits per heavy atom. The molecule has 1 aromatic carbocycles. The second kappa shape index (κ2) is 6.47. The normalized spacial score (nSPS) is 9.82. The highest BCUT2D eigenvalue weighted by atomic mass is 35.5. The van der Waals surface area contributed by atoms with Crippen LogP contribution in [0.25, 0.3) is 0 Å². The predicted octanol–water partition coefficient (Wildman–Crippen LogP) is 2.46. The molecule has 0 saturated carbocycles. The predicted molar refractivity (Wildman–Crippen MR) is 68.4 cm³/mol. The van der Waals surface area contributed by atoms with Crippen LogP contribution in [0, 0.1) is 0 Å². The summed E-state index contributed by atoms with van der Waals surface area (Å²) in [6.07, 6.45) is 0.756. The van der Waals surface area contributed by atoms with Gasteiger partial charge in [0.15, 0.2) is 0 Å². The molecule has 0 bridgehead atoms. The van der Waals surface area contributed by atoms with Crippen LogP contribution in [0.1, 0.15) is 13.3 Å². The third-order valence-corrected chi connectivity index (χ3v) is 2.57. The van der Waals surface area contributed by atoms with Crippen LogP contribution in [0.5, 0.6) is 0 Å². The largest absolute Gasteiger partial charge is 0.348 e. The third kappa shape index (κ3) is 3.91. The first-order valence-electron chi connectivity index (χ1n) is 5.09. The topological polar surface area (TPSA) is 58.2 Å². The Kier molecular flexibility index (Phi) is 5.25. The van der Waals surface area contributed by atoms with E-state index < -0.39 is 11.8 Å². The van der Waals surface area contributed by atoms with E-state index in [1.807, 2.05) is 6.92 Å². The van der Waals surface area contributed by atoms with E-state index in [0.717, 1.165) is 6.42 Å². The second-order valence-electron chi connectivity index (χ2n) is 3.31. The number of carbonyl (C=O) groups excluding carboxylic acids is 2. The van der Waals surface area contributed by atoms with E-state index in [-0.39, 0.29) is 15.7 Å². The zero-order chi connectivity index (χ0) is 12.8. The molecule has 0 aromatic heterocycles. The lowest BCUT2D eigenvalue weighted by atomic mass is 10.3. The number of benzene rings is 1. The number of hydrogen-bond acceptors (Lipinski definition) is 2. The molecular formula is C11H12Cl2N2O2. The SMILES string of the molecule is CCCNC(=O)C(=O)Nc1c(Cl)cccc1Cl. The zero-order valence-corrected chi connectivity index (χ0v) is 10.7. The zero-order valence-electron chi connectivity index (χ0n) is 9.22. The summed E-state index contributed by atoms with van der Waals surface area (Å²) in [5, 5.41) is 5.40. The monoisotopic (exact) mass is 274 g/mol. The van der Waals surface area contributed by atoms with Gasteiger partial charge in [0, 0.05) is 6.54 Å². The number of rotatable bonds is 3. The summed E-state index contributed by atoms with van der Waals surface area (Å²) >= 11 is 11.7. The van der Waals surface area contributed by atoms with E-state index in [2.05, 4.69) is 10.6 Å². The Labute approximate surface area is 109 Å². The summed E-state index contributed by atoms with van der Waals surface area (Å²) in [6.45, 7) is 2.34. The highest BCUT2D eigenvalue weighted by molar-refractivity contribution is 6.44. The highest BCUT2D eigenvalue weighted by Crippen LogP contribution is 2.29. The Bertz CT molecular complexity index is 415. The average molecular weight is 275 g/mol. The van der Waals surface area contributed by atoms with E-state index >= 15 is 0 Å². The maximum absolute atomic E-state index is 11.5. The maximum Gasteiger partial charge on any atom is 0.313 e. The van der Waals surface area contributed by atoms with E-state index in [4.69, 9.17) is 23.2 Å². The van der Waals surface area contributed by atoms with Gasteiger partial charge in [0.05, 0.1) is 15.7 Å². The molecule has 0 aliphatic heterocycles. The number of nitrogens with one attached hydrogen (secondary N) is 2. The minimum absolute atomic E-state index is 0.243. The smallest absolute Gasteiger partial charge is 0.313 e. The van der Waals surface area contributed by atoms with Crippen LogP contribution >= 0.6 is 23.2 Å². The molecule has 0 unspecified atom stereocenters. The standard InChI is InChI=1S/C11H12Cl2N2O2/c1-2-6-14-10(16)11(17)15-9-7(12)4-3-5-8(9)13/h3-5H,2,6H2,1H3,(H,14,16)(H,15,17). The molecule has 92 valence electrons. The van der Waals surface area contributed by atoms with E-state index in [1.165, 1.54) is 0 Å². The average Bonchev–Trinajstić information content (AvgIpc) is 2.30. The van der Waals surface area contributed by atoms with Gasteiger partial charge < -0.3 is 10.6 Å². The van der Waals surface area contributed by atoms with Crippen LogP contribution < -0.4 is 10.6 Å². The summed E-state index contributed by atoms with van der Waals surface area (Å²) < 4.78 is 0. The van der Waals surface area contributed by atoms with Gasteiger partial charge in [-0.15, -0.1) is 0 Å². The molecule has 0 heterocycles. The van der Waals surface area contributed by atoms with Crippen molar-refractivity contribution in [2.24, 2.45) is 0 Å². The van der Waals surface area contributed by atoms with Gasteiger partial charge in [-0.05, 0) is 18.6 Å². The number of carbonyl (C=O) groups is 2. The number of hydrogen-bond donors (Lipinski definition) is 2. The lowest BCUT2D eigenvalue weighted by Crippen LogP contribution is -2.35. The summed E-state index contributed by atoms with van der Waals surface area (Å²) in [5.41, 5.74) is 0.243. The van der Waals surface area contributed by atoms with Crippen LogP contribution in [0.15, 0.2) is 18.2 Å². The lowest BCUT2D eigenvalue weighted by molar-refractivity contribution is -0.136. The van der Waals surface area contributed by atoms with Gasteiger partial charge in [0.2, 0.25) is 0 Å². The molecule has 0 fully saturated rings. The van der Waals surface area contributed by atoms with Crippen molar-refractivity contribution in [1.82, 2.24) is 5.32 Å². The third-order valence-electron chi connectivity index (χ3n) is 1.94. The molecule has 0 saturated heterocycles.